The van der Waals surface area contributed by atoms with Gasteiger partial charge in [0, 0.05) is 5.69 Å². The van der Waals surface area contributed by atoms with Gasteiger partial charge in [-0.05, 0) is 47.9 Å². The Balaban J connectivity index is 3.10. The molecular weight excluding hydrogens is 274 g/mol. The number of anilines is 1. The molecule has 0 spiro atoms. The molecule has 2 N–H and O–H groups in total. The van der Waals surface area contributed by atoms with Gasteiger partial charge in [-0.25, -0.2) is 0 Å². The lowest BCUT2D eigenvalue weighted by molar-refractivity contribution is -0.134. The fourth-order valence-corrected chi connectivity index (χ4v) is 2.89. The zero-order valence-electron chi connectivity index (χ0n) is 15.1. The van der Waals surface area contributed by atoms with Crippen molar-refractivity contribution in [3.05, 3.63) is 24.3 Å². The van der Waals surface area contributed by atoms with E-state index in [1.54, 1.807) is 24.3 Å². The van der Waals surface area contributed by atoms with Crippen LogP contribution in [0.25, 0.3) is 0 Å². The number of hydrogen-bond acceptors (Lipinski definition) is 2. The first-order valence-electron chi connectivity index (χ1n) is 8.02. The van der Waals surface area contributed by atoms with E-state index in [2.05, 4.69) is 53.8 Å². The Morgan fingerprint density at radius 3 is 1.95 bits per heavy atom. The number of amides is 1. The van der Waals surface area contributed by atoms with E-state index in [1.807, 2.05) is 0 Å². The number of aromatic hydroxyl groups is 1. The van der Waals surface area contributed by atoms with Gasteiger partial charge in [0.1, 0.15) is 5.75 Å². The Morgan fingerprint density at radius 2 is 1.55 bits per heavy atom. The Kier molecular flexibility index (Phi) is 5.32. The Labute approximate surface area is 135 Å². The summed E-state index contributed by atoms with van der Waals surface area (Å²) in [7, 11) is 0. The topological polar surface area (TPSA) is 49.3 Å². The lowest BCUT2D eigenvalue weighted by Gasteiger charge is -2.46. The van der Waals surface area contributed by atoms with Crippen LogP contribution in [0.3, 0.4) is 0 Å². The molecule has 0 aliphatic rings. The minimum Gasteiger partial charge on any atom is -0.508 e. The lowest BCUT2D eigenvalue weighted by atomic mass is 9.59. The van der Waals surface area contributed by atoms with Gasteiger partial charge >= 0.3 is 0 Å². The highest BCUT2D eigenvalue weighted by atomic mass is 16.3. The fourth-order valence-electron chi connectivity index (χ4n) is 2.89. The summed E-state index contributed by atoms with van der Waals surface area (Å²) in [5, 5.41) is 12.4. The molecule has 3 heteroatoms. The van der Waals surface area contributed by atoms with E-state index in [0.717, 1.165) is 18.5 Å². The number of hydrogen-bond donors (Lipinski definition) is 2. The molecule has 124 valence electrons. The van der Waals surface area contributed by atoms with Crippen molar-refractivity contribution in [3.63, 3.8) is 0 Å². The van der Waals surface area contributed by atoms with Crippen LogP contribution in [0.2, 0.25) is 0 Å². The van der Waals surface area contributed by atoms with Crippen LogP contribution in [-0.2, 0) is 4.79 Å². The first-order valence-corrected chi connectivity index (χ1v) is 8.02. The van der Waals surface area contributed by atoms with E-state index >= 15 is 0 Å². The van der Waals surface area contributed by atoms with Crippen molar-refractivity contribution in [2.75, 3.05) is 5.32 Å². The van der Waals surface area contributed by atoms with E-state index < -0.39 is 5.41 Å². The maximum Gasteiger partial charge on any atom is 0.230 e. The molecule has 0 saturated carbocycles. The first kappa shape index (κ1) is 18.5. The normalized spacial score (nSPS) is 15.2. The van der Waals surface area contributed by atoms with Crippen LogP contribution < -0.4 is 5.32 Å². The minimum absolute atomic E-state index is 0.0416. The summed E-state index contributed by atoms with van der Waals surface area (Å²) in [4.78, 5) is 13.0. The zero-order valence-corrected chi connectivity index (χ0v) is 15.1. The highest BCUT2D eigenvalue weighted by Gasteiger charge is 2.47. The monoisotopic (exact) mass is 305 g/mol. The van der Waals surface area contributed by atoms with Gasteiger partial charge < -0.3 is 10.4 Å². The molecule has 1 aromatic rings. The number of carbonyl (C=O) groups is 1. The van der Waals surface area contributed by atoms with Gasteiger partial charge in [-0.15, -0.1) is 0 Å². The van der Waals surface area contributed by atoms with Gasteiger partial charge in [-0.3, -0.25) is 4.79 Å². The summed E-state index contributed by atoms with van der Waals surface area (Å²) < 4.78 is 0. The molecule has 1 rings (SSSR count). The standard InChI is InChI=1S/C19H31NO2/c1-8-18(5,6)19(7,13-17(2,3)4)16(22)20-14-9-11-15(21)12-10-14/h9-12,21H,8,13H2,1-7H3,(H,20,22). The second-order valence-corrected chi connectivity index (χ2v) is 8.31. The van der Waals surface area contributed by atoms with Crippen LogP contribution in [0.5, 0.6) is 5.75 Å². The molecule has 0 bridgehead atoms. The van der Waals surface area contributed by atoms with Crippen LogP contribution >= 0.6 is 0 Å². The van der Waals surface area contributed by atoms with Crippen LogP contribution in [-0.4, -0.2) is 11.0 Å². The quantitative estimate of drug-likeness (QED) is 0.734. The Bertz CT molecular complexity index is 511. The third kappa shape index (κ3) is 4.25. The van der Waals surface area contributed by atoms with Crippen LogP contribution in [0.1, 0.15) is 61.3 Å². The van der Waals surface area contributed by atoms with Crippen molar-refractivity contribution in [2.24, 2.45) is 16.2 Å². The van der Waals surface area contributed by atoms with Gasteiger partial charge in [0.05, 0.1) is 5.41 Å². The van der Waals surface area contributed by atoms with Crippen molar-refractivity contribution in [1.29, 1.82) is 0 Å². The number of nitrogens with one attached hydrogen (secondary N) is 1. The molecule has 0 radical (unpaired) electrons. The highest BCUT2D eigenvalue weighted by molar-refractivity contribution is 5.95. The van der Waals surface area contributed by atoms with E-state index in [-0.39, 0.29) is 22.5 Å². The average molecular weight is 305 g/mol. The summed E-state index contributed by atoms with van der Waals surface area (Å²) in [6.07, 6.45) is 1.74. The molecular formula is C19H31NO2. The summed E-state index contributed by atoms with van der Waals surface area (Å²) in [6, 6.07) is 6.62. The zero-order chi connectivity index (χ0) is 17.2. The summed E-state index contributed by atoms with van der Waals surface area (Å²) >= 11 is 0. The second-order valence-electron chi connectivity index (χ2n) is 8.31. The summed E-state index contributed by atoms with van der Waals surface area (Å²) in [6.45, 7) is 15.0. The first-order chi connectivity index (χ1) is 9.91. The van der Waals surface area contributed by atoms with E-state index in [9.17, 15) is 9.90 Å². The highest BCUT2D eigenvalue weighted by Crippen LogP contribution is 2.49. The SMILES string of the molecule is CCC(C)(C)C(C)(CC(C)(C)C)C(=O)Nc1ccc(O)cc1. The Hall–Kier alpha value is -1.51. The number of carbonyl (C=O) groups excluding carboxylic acids is 1. The predicted octanol–water partition coefficient (Wildman–Crippen LogP) is 5.21. The number of phenols is 1. The molecule has 0 saturated heterocycles. The van der Waals surface area contributed by atoms with Crippen molar-refractivity contribution in [1.82, 2.24) is 0 Å². The second kappa shape index (κ2) is 6.31. The molecule has 1 aromatic carbocycles. The van der Waals surface area contributed by atoms with Gasteiger partial charge in [0.2, 0.25) is 5.91 Å². The van der Waals surface area contributed by atoms with Gasteiger partial charge in [-0.1, -0.05) is 48.5 Å². The van der Waals surface area contributed by atoms with Crippen LogP contribution in [0, 0.1) is 16.2 Å². The predicted molar refractivity (Wildman–Crippen MR) is 93.0 cm³/mol. The summed E-state index contributed by atoms with van der Waals surface area (Å²) in [5.74, 6) is 0.240. The van der Waals surface area contributed by atoms with Crippen LogP contribution in [0.15, 0.2) is 24.3 Å². The smallest absolute Gasteiger partial charge is 0.230 e. The molecule has 3 nitrogen and oxygen atoms in total. The number of rotatable bonds is 5. The average Bonchev–Trinajstić information content (AvgIpc) is 2.39. The van der Waals surface area contributed by atoms with Crippen molar-refractivity contribution in [2.45, 2.75) is 61.3 Å². The molecule has 0 aliphatic heterocycles. The molecule has 1 atom stereocenters. The minimum atomic E-state index is -0.474. The van der Waals surface area contributed by atoms with Gasteiger partial charge in [0.15, 0.2) is 0 Å². The molecule has 0 aromatic heterocycles. The Morgan fingerprint density at radius 1 is 1.05 bits per heavy atom. The van der Waals surface area contributed by atoms with Gasteiger partial charge in [0.25, 0.3) is 0 Å². The summed E-state index contributed by atoms with van der Waals surface area (Å²) in [5.41, 5.74) is 0.196. The maximum absolute atomic E-state index is 13.0. The maximum atomic E-state index is 13.0. The molecule has 0 fully saturated rings. The van der Waals surface area contributed by atoms with Crippen molar-refractivity contribution >= 4 is 11.6 Å². The number of benzene rings is 1. The largest absolute Gasteiger partial charge is 0.508 e. The lowest BCUT2D eigenvalue weighted by Crippen LogP contribution is -2.47. The third-order valence-electron chi connectivity index (χ3n) is 4.89. The van der Waals surface area contributed by atoms with Crippen molar-refractivity contribution in [3.8, 4) is 5.75 Å². The molecule has 0 aliphatic carbocycles. The van der Waals surface area contributed by atoms with Gasteiger partial charge in [-0.2, -0.15) is 0 Å². The molecule has 1 amide bonds. The van der Waals surface area contributed by atoms with E-state index in [1.165, 1.54) is 0 Å². The van der Waals surface area contributed by atoms with E-state index in [4.69, 9.17) is 0 Å². The van der Waals surface area contributed by atoms with E-state index in [0.29, 0.717) is 0 Å². The molecule has 0 heterocycles. The fraction of sp³-hybridized carbons (Fsp3) is 0.632. The molecule has 22 heavy (non-hydrogen) atoms. The molecule has 1 unspecified atom stereocenters. The van der Waals surface area contributed by atoms with Crippen molar-refractivity contribution < 1.29 is 9.90 Å². The van der Waals surface area contributed by atoms with Crippen LogP contribution in [0.4, 0.5) is 5.69 Å². The third-order valence-corrected chi connectivity index (χ3v) is 4.89. The number of phenolic OH excluding ortho intramolecular Hbond substituents is 1.